The highest BCUT2D eigenvalue weighted by Crippen LogP contribution is 2.36. The summed E-state index contributed by atoms with van der Waals surface area (Å²) in [7, 11) is 0. The molecule has 0 unspecified atom stereocenters. The van der Waals surface area contributed by atoms with Gasteiger partial charge >= 0.3 is 6.03 Å². The Bertz CT molecular complexity index is 1100. The molecule has 4 nitrogen and oxygen atoms in total. The first-order valence-corrected chi connectivity index (χ1v) is 11.8. The van der Waals surface area contributed by atoms with E-state index in [1.807, 2.05) is 54.6 Å². The number of urea groups is 1. The normalized spacial score (nSPS) is 11.1. The molecule has 0 saturated carbocycles. The van der Waals surface area contributed by atoms with Gasteiger partial charge in [0, 0.05) is 13.1 Å². The molecule has 3 N–H and O–H groups in total. The van der Waals surface area contributed by atoms with Crippen LogP contribution in [0.5, 0.6) is 0 Å². The third kappa shape index (κ3) is 5.26. The Morgan fingerprint density at radius 3 is 1.50 bits per heavy atom. The summed E-state index contributed by atoms with van der Waals surface area (Å²) in [5, 5.41) is 10.1. The molecule has 4 aromatic carbocycles. The number of hydrogen-bond donors (Lipinski definition) is 3. The second-order valence-electron chi connectivity index (χ2n) is 7.75. The molecule has 172 valence electrons. The van der Waals surface area contributed by atoms with Gasteiger partial charge in [0.25, 0.3) is 0 Å². The predicted molar refractivity (Wildman–Crippen MR) is 141 cm³/mol. The molecule has 0 bridgehead atoms. The van der Waals surface area contributed by atoms with Crippen molar-refractivity contribution in [3.63, 3.8) is 0 Å². The molecule has 4 aromatic rings. The highest BCUT2D eigenvalue weighted by atomic mass is 35.5. The second-order valence-corrected chi connectivity index (χ2v) is 8.57. The summed E-state index contributed by atoms with van der Waals surface area (Å²) in [4.78, 5) is 12.5. The van der Waals surface area contributed by atoms with E-state index in [-0.39, 0.29) is 6.03 Å². The van der Waals surface area contributed by atoms with Crippen LogP contribution in [-0.4, -0.2) is 19.1 Å². The van der Waals surface area contributed by atoms with Crippen LogP contribution in [0.15, 0.2) is 109 Å². The molecule has 2 amide bonds. The van der Waals surface area contributed by atoms with E-state index in [0.717, 1.165) is 16.7 Å². The summed E-state index contributed by atoms with van der Waals surface area (Å²) < 4.78 is 0. The van der Waals surface area contributed by atoms with Crippen molar-refractivity contribution >= 4 is 34.9 Å². The van der Waals surface area contributed by atoms with E-state index in [0.29, 0.717) is 28.8 Å². The zero-order valence-corrected chi connectivity index (χ0v) is 20.0. The van der Waals surface area contributed by atoms with Crippen LogP contribution < -0.4 is 16.0 Å². The second kappa shape index (κ2) is 11.2. The third-order valence-electron chi connectivity index (χ3n) is 5.62. The molecule has 0 atom stereocenters. The quantitative estimate of drug-likeness (QED) is 0.190. The van der Waals surface area contributed by atoms with E-state index in [1.54, 1.807) is 18.2 Å². The molecule has 4 rings (SSSR count). The van der Waals surface area contributed by atoms with Crippen molar-refractivity contribution in [3.8, 4) is 0 Å². The molecule has 0 aliphatic heterocycles. The SMILES string of the molecule is O=C(NCCNC(c1ccccc1)(c1ccccc1)c1ccccc1)Nc1c(Cl)cccc1Cl. The summed E-state index contributed by atoms with van der Waals surface area (Å²) in [6, 6.07) is 35.7. The monoisotopic (exact) mass is 489 g/mol. The molecule has 0 fully saturated rings. The van der Waals surface area contributed by atoms with Gasteiger partial charge in [0.15, 0.2) is 0 Å². The third-order valence-corrected chi connectivity index (χ3v) is 6.25. The summed E-state index contributed by atoms with van der Waals surface area (Å²) in [5.74, 6) is 0. The van der Waals surface area contributed by atoms with Gasteiger partial charge in [-0.2, -0.15) is 0 Å². The van der Waals surface area contributed by atoms with E-state index in [1.165, 1.54) is 0 Å². The molecule has 0 aliphatic rings. The fraction of sp³-hybridized carbons (Fsp3) is 0.107. The average molecular weight is 490 g/mol. The molecule has 34 heavy (non-hydrogen) atoms. The first-order valence-electron chi connectivity index (χ1n) is 11.0. The van der Waals surface area contributed by atoms with Crippen molar-refractivity contribution in [3.05, 3.63) is 136 Å². The number of benzene rings is 4. The Kier molecular flexibility index (Phi) is 7.86. The smallest absolute Gasteiger partial charge is 0.319 e. The maximum atomic E-state index is 12.5. The van der Waals surface area contributed by atoms with Gasteiger partial charge in [-0.1, -0.05) is 120 Å². The van der Waals surface area contributed by atoms with Crippen LogP contribution in [0, 0.1) is 0 Å². The van der Waals surface area contributed by atoms with Gasteiger partial charge < -0.3 is 10.6 Å². The topological polar surface area (TPSA) is 53.2 Å². The lowest BCUT2D eigenvalue weighted by Gasteiger charge is -2.37. The summed E-state index contributed by atoms with van der Waals surface area (Å²) >= 11 is 12.3. The summed E-state index contributed by atoms with van der Waals surface area (Å²) in [6.45, 7) is 0.907. The Balaban J connectivity index is 1.56. The zero-order chi connectivity index (χ0) is 23.8. The zero-order valence-electron chi connectivity index (χ0n) is 18.5. The molecule has 0 heterocycles. The highest BCUT2D eigenvalue weighted by molar-refractivity contribution is 6.39. The highest BCUT2D eigenvalue weighted by Gasteiger charge is 2.35. The first kappa shape index (κ1) is 23.8. The summed E-state index contributed by atoms with van der Waals surface area (Å²) in [5.41, 5.74) is 3.14. The number of nitrogens with one attached hydrogen (secondary N) is 3. The molecule has 0 aliphatic carbocycles. The molecular weight excluding hydrogens is 465 g/mol. The maximum Gasteiger partial charge on any atom is 0.319 e. The van der Waals surface area contributed by atoms with Crippen LogP contribution in [0.2, 0.25) is 10.0 Å². The van der Waals surface area contributed by atoms with Crippen molar-refractivity contribution in [2.24, 2.45) is 0 Å². The molecule has 6 heteroatoms. The molecule has 0 radical (unpaired) electrons. The van der Waals surface area contributed by atoms with Crippen LogP contribution in [0.25, 0.3) is 0 Å². The molecule has 0 spiro atoms. The lowest BCUT2D eigenvalue weighted by atomic mass is 9.77. The van der Waals surface area contributed by atoms with Crippen LogP contribution in [0.3, 0.4) is 0 Å². The van der Waals surface area contributed by atoms with Crippen LogP contribution in [-0.2, 0) is 5.54 Å². The standard InChI is InChI=1S/C28H25Cl2N3O/c29-24-17-10-18-25(30)26(24)33-27(34)31-19-20-32-28(21-11-4-1-5-12-21,22-13-6-2-7-14-22)23-15-8-3-9-16-23/h1-18,32H,19-20H2,(H2,31,33,34). The minimum absolute atomic E-state index is 0.374. The largest absolute Gasteiger partial charge is 0.337 e. The van der Waals surface area contributed by atoms with Crippen LogP contribution >= 0.6 is 23.2 Å². The average Bonchev–Trinajstić information content (AvgIpc) is 2.88. The number of hydrogen-bond acceptors (Lipinski definition) is 2. The molecule has 0 saturated heterocycles. The van der Waals surface area contributed by atoms with Gasteiger partial charge in [-0.3, -0.25) is 5.32 Å². The van der Waals surface area contributed by atoms with E-state index in [9.17, 15) is 4.79 Å². The van der Waals surface area contributed by atoms with Crippen LogP contribution in [0.4, 0.5) is 10.5 Å². The number of para-hydroxylation sites is 1. The lowest BCUT2D eigenvalue weighted by molar-refractivity contribution is 0.252. The van der Waals surface area contributed by atoms with Gasteiger partial charge in [-0.05, 0) is 28.8 Å². The van der Waals surface area contributed by atoms with E-state index >= 15 is 0 Å². The fourth-order valence-electron chi connectivity index (χ4n) is 4.07. The van der Waals surface area contributed by atoms with Gasteiger partial charge in [-0.25, -0.2) is 4.79 Å². The minimum atomic E-state index is -0.589. The number of carbonyl (C=O) groups excluding carboxylic acids is 1. The fourth-order valence-corrected chi connectivity index (χ4v) is 4.56. The van der Waals surface area contributed by atoms with E-state index in [2.05, 4.69) is 52.3 Å². The van der Waals surface area contributed by atoms with Gasteiger partial charge in [0.2, 0.25) is 0 Å². The van der Waals surface area contributed by atoms with E-state index in [4.69, 9.17) is 23.2 Å². The van der Waals surface area contributed by atoms with Crippen molar-refractivity contribution in [2.75, 3.05) is 18.4 Å². The maximum absolute atomic E-state index is 12.5. The lowest BCUT2D eigenvalue weighted by Crippen LogP contribution is -2.47. The molecular formula is C28H25Cl2N3O. The van der Waals surface area contributed by atoms with Crippen molar-refractivity contribution in [1.82, 2.24) is 10.6 Å². The Morgan fingerprint density at radius 2 is 1.06 bits per heavy atom. The van der Waals surface area contributed by atoms with Crippen molar-refractivity contribution in [2.45, 2.75) is 5.54 Å². The number of amides is 2. The Labute approximate surface area is 209 Å². The number of anilines is 1. The van der Waals surface area contributed by atoms with Gasteiger partial charge in [0.1, 0.15) is 0 Å². The first-order chi connectivity index (χ1) is 16.6. The molecule has 0 aromatic heterocycles. The van der Waals surface area contributed by atoms with E-state index < -0.39 is 5.54 Å². The van der Waals surface area contributed by atoms with Crippen molar-refractivity contribution in [1.29, 1.82) is 0 Å². The van der Waals surface area contributed by atoms with Gasteiger partial charge in [0.05, 0.1) is 21.3 Å². The minimum Gasteiger partial charge on any atom is -0.337 e. The predicted octanol–water partition coefficient (Wildman–Crippen LogP) is 6.70. The number of halogens is 2. The number of rotatable bonds is 8. The summed E-state index contributed by atoms with van der Waals surface area (Å²) in [6.07, 6.45) is 0. The van der Waals surface area contributed by atoms with Gasteiger partial charge in [-0.15, -0.1) is 0 Å². The Morgan fingerprint density at radius 1 is 0.618 bits per heavy atom. The Hall–Kier alpha value is -3.31. The van der Waals surface area contributed by atoms with Crippen LogP contribution in [0.1, 0.15) is 16.7 Å². The van der Waals surface area contributed by atoms with Crippen molar-refractivity contribution < 1.29 is 4.79 Å². The number of carbonyl (C=O) groups is 1.